The first-order valence-electron chi connectivity index (χ1n) is 8.40. The van der Waals surface area contributed by atoms with E-state index in [1.54, 1.807) is 35.4 Å². The molecule has 8 nitrogen and oxygen atoms in total. The van der Waals surface area contributed by atoms with Crippen LogP contribution in [0.2, 0.25) is 0 Å². The van der Waals surface area contributed by atoms with Crippen LogP contribution in [-0.4, -0.2) is 33.4 Å². The Bertz CT molecular complexity index is 1160. The molecule has 2 heterocycles. The predicted octanol–water partition coefficient (Wildman–Crippen LogP) is 1.44. The number of nitrogens with one attached hydrogen (secondary N) is 1. The van der Waals surface area contributed by atoms with Gasteiger partial charge in [0.1, 0.15) is 5.70 Å². The van der Waals surface area contributed by atoms with Crippen molar-refractivity contribution in [3.05, 3.63) is 80.9 Å². The standard InChI is InChI=1S/C19H15N5O3S/c1-28-19-21-18(25)17-13-7-3-4-8-14(13)20-16(23(17)22-19)11-10-12-6-2-5-9-15(12)24(26)27/h2-11,16H,1H3,(H,21,22,25)/b11-10+/t16-/m1/s1. The number of para-hydroxylation sites is 2. The van der Waals surface area contributed by atoms with Crippen molar-refractivity contribution in [1.82, 2.24) is 10.3 Å². The number of carbonyl (C=O) groups is 1. The van der Waals surface area contributed by atoms with Crippen molar-refractivity contribution >= 4 is 40.3 Å². The van der Waals surface area contributed by atoms with E-state index < -0.39 is 11.1 Å². The summed E-state index contributed by atoms with van der Waals surface area (Å²) in [5.74, 6) is -0.259. The van der Waals surface area contributed by atoms with Crippen LogP contribution in [0.5, 0.6) is 0 Å². The van der Waals surface area contributed by atoms with Crippen molar-refractivity contribution < 1.29 is 9.72 Å². The van der Waals surface area contributed by atoms with Crippen molar-refractivity contribution in [2.24, 2.45) is 10.1 Å². The van der Waals surface area contributed by atoms with Gasteiger partial charge in [0.15, 0.2) is 11.3 Å². The highest BCUT2D eigenvalue weighted by Crippen LogP contribution is 2.23. The Balaban J connectivity index is 1.83. The largest absolute Gasteiger partial charge is 0.298 e. The van der Waals surface area contributed by atoms with Gasteiger partial charge in [-0.2, -0.15) is 0 Å². The molecule has 0 saturated carbocycles. The minimum atomic E-state index is -0.599. The van der Waals surface area contributed by atoms with Crippen molar-refractivity contribution in [3.63, 3.8) is 0 Å². The zero-order valence-electron chi connectivity index (χ0n) is 14.8. The summed E-state index contributed by atoms with van der Waals surface area (Å²) < 4.78 is 0. The summed E-state index contributed by atoms with van der Waals surface area (Å²) in [6.45, 7) is 0. The van der Waals surface area contributed by atoms with Crippen molar-refractivity contribution in [1.29, 1.82) is 0 Å². The van der Waals surface area contributed by atoms with Crippen LogP contribution < -0.4 is 15.9 Å². The van der Waals surface area contributed by atoms with Crippen LogP contribution in [0, 0.1) is 10.1 Å². The summed E-state index contributed by atoms with van der Waals surface area (Å²) in [6.07, 6.45) is 4.56. The van der Waals surface area contributed by atoms with E-state index in [0.29, 0.717) is 27.0 Å². The van der Waals surface area contributed by atoms with Crippen LogP contribution in [0.15, 0.2) is 64.7 Å². The zero-order valence-corrected chi connectivity index (χ0v) is 15.6. The lowest BCUT2D eigenvalue weighted by atomic mass is 10.1. The quantitative estimate of drug-likeness (QED) is 0.628. The molecule has 0 fully saturated rings. The van der Waals surface area contributed by atoms with E-state index in [2.05, 4.69) is 15.4 Å². The van der Waals surface area contributed by atoms with Gasteiger partial charge in [-0.25, -0.2) is 5.01 Å². The van der Waals surface area contributed by atoms with Gasteiger partial charge in [-0.1, -0.05) is 42.1 Å². The number of amides is 1. The van der Waals surface area contributed by atoms with Gasteiger partial charge in [-0.05, 0) is 30.5 Å². The molecule has 0 aromatic heterocycles. The van der Waals surface area contributed by atoms with E-state index in [9.17, 15) is 14.9 Å². The van der Waals surface area contributed by atoms with Gasteiger partial charge in [0, 0.05) is 11.3 Å². The maximum Gasteiger partial charge on any atom is 0.276 e. The highest BCUT2D eigenvalue weighted by Gasteiger charge is 2.32. The third-order valence-corrected chi connectivity index (χ3v) is 4.89. The number of nitrogens with zero attached hydrogens (tertiary/aromatic N) is 4. The van der Waals surface area contributed by atoms with Gasteiger partial charge in [0.25, 0.3) is 11.6 Å². The first-order valence-corrected chi connectivity index (χ1v) is 9.63. The third kappa shape index (κ3) is 3.16. The number of rotatable bonds is 3. The monoisotopic (exact) mass is 393 g/mol. The number of nitro groups is 1. The number of hydrogen-bond donors (Lipinski definition) is 1. The fraction of sp³-hybridized carbons (Fsp3) is 0.105. The Labute approximate surface area is 164 Å². The average molecular weight is 393 g/mol. The summed E-state index contributed by atoms with van der Waals surface area (Å²) in [5, 5.41) is 21.9. The topological polar surface area (TPSA) is 100 Å². The molecule has 4 rings (SSSR count). The summed E-state index contributed by atoms with van der Waals surface area (Å²) in [5.41, 5.74) is 0.864. The van der Waals surface area contributed by atoms with E-state index in [-0.39, 0.29) is 11.6 Å². The van der Waals surface area contributed by atoms with Gasteiger partial charge in [0.2, 0.25) is 0 Å². The number of thioether (sulfide) groups is 1. The Hall–Kier alpha value is -3.46. The minimum Gasteiger partial charge on any atom is -0.298 e. The number of hydrogen-bond acceptors (Lipinski definition) is 7. The highest BCUT2D eigenvalue weighted by molar-refractivity contribution is 8.13. The molecule has 0 spiro atoms. The van der Waals surface area contributed by atoms with E-state index in [1.165, 1.54) is 17.8 Å². The Morgan fingerprint density at radius 1 is 1.21 bits per heavy atom. The molecule has 0 aliphatic carbocycles. The van der Waals surface area contributed by atoms with Gasteiger partial charge in [0.05, 0.1) is 15.8 Å². The number of nitro benzene ring substituents is 1. The summed E-state index contributed by atoms with van der Waals surface area (Å²) in [6, 6.07) is 13.8. The van der Waals surface area contributed by atoms with Crippen LogP contribution in [-0.2, 0) is 4.79 Å². The molecule has 0 radical (unpaired) electrons. The second-order valence-electron chi connectivity index (χ2n) is 5.99. The molecular weight excluding hydrogens is 378 g/mol. The normalized spacial score (nSPS) is 18.1. The highest BCUT2D eigenvalue weighted by atomic mass is 32.2. The van der Waals surface area contributed by atoms with E-state index in [4.69, 9.17) is 0 Å². The Kier molecular flexibility index (Phi) is 4.66. The number of carbonyl (C=O) groups excluding carboxylic acids is 1. The van der Waals surface area contributed by atoms with E-state index in [0.717, 1.165) is 0 Å². The Morgan fingerprint density at radius 3 is 2.75 bits per heavy atom. The third-order valence-electron chi connectivity index (χ3n) is 4.32. The fourth-order valence-corrected chi connectivity index (χ4v) is 3.42. The maximum absolute atomic E-state index is 12.7. The molecule has 1 N–H and O–H groups in total. The number of benzene rings is 2. The van der Waals surface area contributed by atoms with Gasteiger partial charge < -0.3 is 0 Å². The molecule has 28 heavy (non-hydrogen) atoms. The van der Waals surface area contributed by atoms with Crippen LogP contribution in [0.4, 0.5) is 5.69 Å². The van der Waals surface area contributed by atoms with Gasteiger partial charge in [-0.3, -0.25) is 25.2 Å². The molecule has 0 saturated heterocycles. The predicted molar refractivity (Wildman–Crippen MR) is 107 cm³/mol. The molecule has 2 aromatic carbocycles. The zero-order chi connectivity index (χ0) is 19.7. The van der Waals surface area contributed by atoms with E-state index >= 15 is 0 Å². The lowest BCUT2D eigenvalue weighted by molar-refractivity contribution is -0.385. The number of amidine groups is 1. The summed E-state index contributed by atoms with van der Waals surface area (Å²) in [7, 11) is 0. The SMILES string of the molecule is CSC1=NN2C(=c3ccccc3=N[C@H]2/C=C/c2ccccc2[N+](=O)[O-])C(=O)N1. The average Bonchev–Trinajstić information content (AvgIpc) is 2.71. The molecule has 0 bridgehead atoms. The maximum atomic E-state index is 12.7. The molecule has 140 valence electrons. The lowest BCUT2D eigenvalue weighted by Gasteiger charge is -2.32. The van der Waals surface area contributed by atoms with E-state index in [1.807, 2.05) is 30.5 Å². The van der Waals surface area contributed by atoms with Crippen LogP contribution >= 0.6 is 11.8 Å². The molecule has 1 atom stereocenters. The molecule has 2 aliphatic heterocycles. The fourth-order valence-electron chi connectivity index (χ4n) is 3.05. The molecule has 0 unspecified atom stereocenters. The summed E-state index contributed by atoms with van der Waals surface area (Å²) >= 11 is 1.32. The minimum absolute atomic E-state index is 0.00357. The smallest absolute Gasteiger partial charge is 0.276 e. The van der Waals surface area contributed by atoms with Crippen LogP contribution in [0.3, 0.4) is 0 Å². The van der Waals surface area contributed by atoms with Crippen LogP contribution in [0.1, 0.15) is 5.56 Å². The summed E-state index contributed by atoms with van der Waals surface area (Å²) in [4.78, 5) is 28.2. The lowest BCUT2D eigenvalue weighted by Crippen LogP contribution is -2.52. The van der Waals surface area contributed by atoms with Crippen molar-refractivity contribution in [3.8, 4) is 0 Å². The van der Waals surface area contributed by atoms with Gasteiger partial charge in [-0.15, -0.1) is 5.10 Å². The molecule has 1 amide bonds. The number of hydrazone groups is 1. The molecular formula is C19H15N5O3S. The second kappa shape index (κ2) is 7.28. The molecule has 9 heteroatoms. The van der Waals surface area contributed by atoms with Gasteiger partial charge >= 0.3 is 0 Å². The molecule has 2 aliphatic rings. The number of fused-ring (bicyclic) bond motifs is 2. The Morgan fingerprint density at radius 2 is 1.96 bits per heavy atom. The first-order chi connectivity index (χ1) is 13.6. The van der Waals surface area contributed by atoms with Crippen molar-refractivity contribution in [2.45, 2.75) is 6.17 Å². The first kappa shape index (κ1) is 17.9. The van der Waals surface area contributed by atoms with Crippen LogP contribution in [0.25, 0.3) is 11.8 Å². The second-order valence-corrected chi connectivity index (χ2v) is 6.79. The van der Waals surface area contributed by atoms with Crippen molar-refractivity contribution in [2.75, 3.05) is 6.26 Å². The molecule has 2 aromatic rings.